The Hall–Kier alpha value is -0.870. The van der Waals surface area contributed by atoms with Crippen molar-refractivity contribution >= 4 is 23.1 Å². The van der Waals surface area contributed by atoms with Crippen molar-refractivity contribution in [3.05, 3.63) is 18.2 Å². The van der Waals surface area contributed by atoms with E-state index in [-0.39, 0.29) is 6.61 Å². The number of benzene rings is 1. The van der Waals surface area contributed by atoms with Gasteiger partial charge in [-0.2, -0.15) is 0 Å². The van der Waals surface area contributed by atoms with Gasteiger partial charge < -0.3 is 16.6 Å². The molecule has 0 aliphatic rings. The molecule has 4 heteroatoms. The Bertz CT molecular complexity index is 245. The van der Waals surface area contributed by atoms with Crippen LogP contribution in [-0.4, -0.2) is 17.5 Å². The number of anilines is 2. The average molecular weight is 184 g/mol. The van der Waals surface area contributed by atoms with Crippen LogP contribution in [0.3, 0.4) is 0 Å². The molecule has 0 aromatic heterocycles. The van der Waals surface area contributed by atoms with Gasteiger partial charge in [-0.05, 0) is 12.1 Å². The second-order valence-corrected chi connectivity index (χ2v) is 3.44. The standard InChI is InChI=1S/C8H12N2OS/c9-6-2-1-3-7(10)8(6)12-5-4-11/h1-3,11H,4-5,9-10H2. The first-order chi connectivity index (χ1) is 5.75. The zero-order chi connectivity index (χ0) is 8.97. The molecule has 0 aliphatic heterocycles. The molecule has 1 rings (SSSR count). The van der Waals surface area contributed by atoms with Crippen LogP contribution in [0.4, 0.5) is 11.4 Å². The number of hydrogen-bond acceptors (Lipinski definition) is 4. The molecule has 1 aromatic carbocycles. The summed E-state index contributed by atoms with van der Waals surface area (Å²) in [6.45, 7) is 0.137. The lowest BCUT2D eigenvalue weighted by atomic mass is 10.3. The zero-order valence-corrected chi connectivity index (χ0v) is 7.47. The Labute approximate surface area is 75.8 Å². The van der Waals surface area contributed by atoms with Gasteiger partial charge in [-0.1, -0.05) is 6.07 Å². The Morgan fingerprint density at radius 2 is 1.83 bits per heavy atom. The fourth-order valence-electron chi connectivity index (χ4n) is 0.888. The van der Waals surface area contributed by atoms with Crippen molar-refractivity contribution in [1.82, 2.24) is 0 Å². The molecule has 0 heterocycles. The van der Waals surface area contributed by atoms with Gasteiger partial charge in [-0.15, -0.1) is 11.8 Å². The smallest absolute Gasteiger partial charge is 0.0533 e. The summed E-state index contributed by atoms with van der Waals surface area (Å²) < 4.78 is 0. The maximum Gasteiger partial charge on any atom is 0.0533 e. The molecule has 3 nitrogen and oxygen atoms in total. The van der Waals surface area contributed by atoms with Crippen LogP contribution in [0.2, 0.25) is 0 Å². The number of rotatable bonds is 3. The minimum atomic E-state index is 0.137. The summed E-state index contributed by atoms with van der Waals surface area (Å²) in [5.41, 5.74) is 12.7. The third-order valence-electron chi connectivity index (χ3n) is 1.41. The first-order valence-corrected chi connectivity index (χ1v) is 4.62. The molecular weight excluding hydrogens is 172 g/mol. The SMILES string of the molecule is Nc1cccc(N)c1SCCO. The van der Waals surface area contributed by atoms with Crippen LogP contribution in [0, 0.1) is 0 Å². The van der Waals surface area contributed by atoms with E-state index >= 15 is 0 Å². The lowest BCUT2D eigenvalue weighted by Gasteiger charge is -2.06. The van der Waals surface area contributed by atoms with E-state index in [0.29, 0.717) is 17.1 Å². The summed E-state index contributed by atoms with van der Waals surface area (Å²) >= 11 is 1.47. The van der Waals surface area contributed by atoms with Crippen molar-refractivity contribution in [2.24, 2.45) is 0 Å². The topological polar surface area (TPSA) is 72.3 Å². The summed E-state index contributed by atoms with van der Waals surface area (Å²) in [4.78, 5) is 0.867. The first-order valence-electron chi connectivity index (χ1n) is 3.63. The number of aliphatic hydroxyl groups is 1. The Morgan fingerprint density at radius 3 is 2.33 bits per heavy atom. The zero-order valence-electron chi connectivity index (χ0n) is 6.66. The number of aliphatic hydroxyl groups excluding tert-OH is 1. The number of hydrogen-bond donors (Lipinski definition) is 3. The van der Waals surface area contributed by atoms with E-state index in [2.05, 4.69) is 0 Å². The molecule has 0 spiro atoms. The van der Waals surface area contributed by atoms with E-state index in [1.807, 2.05) is 6.07 Å². The van der Waals surface area contributed by atoms with Crippen LogP contribution in [0.5, 0.6) is 0 Å². The van der Waals surface area contributed by atoms with Crippen molar-refractivity contribution in [3.63, 3.8) is 0 Å². The summed E-state index contributed by atoms with van der Waals surface area (Å²) in [6.07, 6.45) is 0. The molecule has 1 aromatic rings. The minimum Gasteiger partial charge on any atom is -0.398 e. The average Bonchev–Trinajstić information content (AvgIpc) is 2.04. The van der Waals surface area contributed by atoms with Gasteiger partial charge in [0.15, 0.2) is 0 Å². The lowest BCUT2D eigenvalue weighted by molar-refractivity contribution is 0.322. The van der Waals surface area contributed by atoms with Crippen LogP contribution < -0.4 is 11.5 Å². The molecular formula is C8H12N2OS. The van der Waals surface area contributed by atoms with Crippen molar-refractivity contribution in [3.8, 4) is 0 Å². The molecule has 0 aliphatic carbocycles. The maximum absolute atomic E-state index is 8.61. The molecule has 0 amide bonds. The molecule has 0 saturated heterocycles. The van der Waals surface area contributed by atoms with Crippen molar-refractivity contribution < 1.29 is 5.11 Å². The third-order valence-corrected chi connectivity index (χ3v) is 2.56. The molecule has 0 atom stereocenters. The molecule has 12 heavy (non-hydrogen) atoms. The summed E-state index contributed by atoms with van der Waals surface area (Å²) in [6, 6.07) is 5.42. The predicted octanol–water partition coefficient (Wildman–Crippen LogP) is 0.935. The summed E-state index contributed by atoms with van der Waals surface area (Å²) in [5, 5.41) is 8.61. The number of thioether (sulfide) groups is 1. The highest BCUT2D eigenvalue weighted by Gasteiger charge is 2.02. The van der Waals surface area contributed by atoms with Crippen molar-refractivity contribution in [2.75, 3.05) is 23.8 Å². The van der Waals surface area contributed by atoms with Gasteiger partial charge in [-0.25, -0.2) is 0 Å². The Balaban J connectivity index is 2.81. The summed E-state index contributed by atoms with van der Waals surface area (Å²) in [7, 11) is 0. The monoisotopic (exact) mass is 184 g/mol. The van der Waals surface area contributed by atoms with Crippen LogP contribution in [0.1, 0.15) is 0 Å². The quantitative estimate of drug-likeness (QED) is 0.483. The Kier molecular flexibility index (Phi) is 3.25. The van der Waals surface area contributed by atoms with E-state index in [1.165, 1.54) is 11.8 Å². The second kappa shape index (κ2) is 4.23. The molecule has 0 bridgehead atoms. The first kappa shape index (κ1) is 9.22. The largest absolute Gasteiger partial charge is 0.398 e. The highest BCUT2D eigenvalue weighted by molar-refractivity contribution is 7.99. The van der Waals surface area contributed by atoms with Crippen LogP contribution in [-0.2, 0) is 0 Å². The molecule has 0 fully saturated rings. The second-order valence-electron chi connectivity index (χ2n) is 2.34. The van der Waals surface area contributed by atoms with Crippen LogP contribution >= 0.6 is 11.8 Å². The molecule has 66 valence electrons. The van der Waals surface area contributed by atoms with Gasteiger partial charge >= 0.3 is 0 Å². The van der Waals surface area contributed by atoms with Gasteiger partial charge in [0, 0.05) is 17.1 Å². The number of nitrogens with two attached hydrogens (primary N) is 2. The van der Waals surface area contributed by atoms with Crippen molar-refractivity contribution in [2.45, 2.75) is 4.90 Å². The van der Waals surface area contributed by atoms with Gasteiger partial charge in [0.1, 0.15) is 0 Å². The highest BCUT2D eigenvalue weighted by Crippen LogP contribution is 2.30. The fourth-order valence-corrected chi connectivity index (χ4v) is 1.65. The molecule has 0 saturated carbocycles. The van der Waals surface area contributed by atoms with E-state index < -0.39 is 0 Å². The van der Waals surface area contributed by atoms with E-state index in [0.717, 1.165) is 4.90 Å². The van der Waals surface area contributed by atoms with E-state index in [9.17, 15) is 0 Å². The fraction of sp³-hybridized carbons (Fsp3) is 0.250. The van der Waals surface area contributed by atoms with Gasteiger partial charge in [-0.3, -0.25) is 0 Å². The highest BCUT2D eigenvalue weighted by atomic mass is 32.2. The molecule has 0 unspecified atom stereocenters. The van der Waals surface area contributed by atoms with Crippen LogP contribution in [0.15, 0.2) is 23.1 Å². The van der Waals surface area contributed by atoms with Gasteiger partial charge in [0.25, 0.3) is 0 Å². The minimum absolute atomic E-state index is 0.137. The lowest BCUT2D eigenvalue weighted by Crippen LogP contribution is -1.96. The summed E-state index contributed by atoms with van der Waals surface area (Å²) in [5.74, 6) is 0.623. The van der Waals surface area contributed by atoms with E-state index in [1.54, 1.807) is 12.1 Å². The Morgan fingerprint density at radius 1 is 1.25 bits per heavy atom. The number of nitrogen functional groups attached to an aromatic ring is 2. The third kappa shape index (κ3) is 2.06. The van der Waals surface area contributed by atoms with Crippen molar-refractivity contribution in [1.29, 1.82) is 0 Å². The molecule has 0 radical (unpaired) electrons. The van der Waals surface area contributed by atoms with Gasteiger partial charge in [0.2, 0.25) is 0 Å². The van der Waals surface area contributed by atoms with Gasteiger partial charge in [0.05, 0.1) is 11.5 Å². The normalized spacial score (nSPS) is 10.1. The predicted molar refractivity (Wildman–Crippen MR) is 53.1 cm³/mol. The molecule has 5 N–H and O–H groups in total. The maximum atomic E-state index is 8.61. The van der Waals surface area contributed by atoms with E-state index in [4.69, 9.17) is 16.6 Å². The van der Waals surface area contributed by atoms with Crippen LogP contribution in [0.25, 0.3) is 0 Å².